The molecule has 0 radical (unpaired) electrons. The number of hydrogen-bond acceptors (Lipinski definition) is 3. The molecule has 0 spiro atoms. The number of rotatable bonds is 4. The van der Waals surface area contributed by atoms with E-state index < -0.39 is 0 Å². The molecule has 3 heteroatoms. The van der Waals surface area contributed by atoms with E-state index in [0.29, 0.717) is 12.0 Å². The summed E-state index contributed by atoms with van der Waals surface area (Å²) < 4.78 is 0. The summed E-state index contributed by atoms with van der Waals surface area (Å²) in [4.78, 5) is 2.45. The largest absolute Gasteiger partial charge is 0.396 e. The zero-order chi connectivity index (χ0) is 10.6. The van der Waals surface area contributed by atoms with Crippen LogP contribution in [0.4, 0.5) is 0 Å². The van der Waals surface area contributed by atoms with E-state index in [1.807, 2.05) is 0 Å². The minimum absolute atomic E-state index is 0.251. The Balaban J connectivity index is 2.45. The first kappa shape index (κ1) is 12.0. The van der Waals surface area contributed by atoms with Crippen molar-refractivity contribution in [1.82, 2.24) is 4.90 Å². The molecule has 0 aromatic carbocycles. The molecule has 1 fully saturated rings. The van der Waals surface area contributed by atoms with Crippen LogP contribution in [0.2, 0.25) is 0 Å². The van der Waals surface area contributed by atoms with Crippen molar-refractivity contribution in [2.45, 2.75) is 45.2 Å². The smallest absolute Gasteiger partial charge is 0.0468 e. The first-order valence-corrected chi connectivity index (χ1v) is 5.75. The molecule has 3 nitrogen and oxygen atoms in total. The maximum absolute atomic E-state index is 9.03. The molecule has 3 N–H and O–H groups in total. The van der Waals surface area contributed by atoms with Gasteiger partial charge in [-0.15, -0.1) is 0 Å². The second-order valence-corrected chi connectivity index (χ2v) is 4.70. The van der Waals surface area contributed by atoms with Crippen LogP contribution in [0.15, 0.2) is 0 Å². The summed E-state index contributed by atoms with van der Waals surface area (Å²) in [7, 11) is 0. The highest BCUT2D eigenvalue weighted by Crippen LogP contribution is 2.19. The van der Waals surface area contributed by atoms with Gasteiger partial charge in [-0.25, -0.2) is 0 Å². The summed E-state index contributed by atoms with van der Waals surface area (Å²) in [5.74, 6) is 0.370. The van der Waals surface area contributed by atoms with Crippen molar-refractivity contribution < 1.29 is 5.11 Å². The highest BCUT2D eigenvalue weighted by molar-refractivity contribution is 4.83. The van der Waals surface area contributed by atoms with E-state index in [2.05, 4.69) is 18.7 Å². The lowest BCUT2D eigenvalue weighted by Gasteiger charge is -2.39. The Labute approximate surface area is 87.3 Å². The molecule has 3 atom stereocenters. The molecule has 3 unspecified atom stereocenters. The van der Waals surface area contributed by atoms with Crippen LogP contribution in [0.1, 0.15) is 33.1 Å². The van der Waals surface area contributed by atoms with Crippen molar-refractivity contribution in [2.24, 2.45) is 11.7 Å². The third kappa shape index (κ3) is 3.23. The summed E-state index contributed by atoms with van der Waals surface area (Å²) >= 11 is 0. The molecule has 1 heterocycles. The summed E-state index contributed by atoms with van der Waals surface area (Å²) in [5, 5.41) is 9.03. The fourth-order valence-electron chi connectivity index (χ4n) is 2.30. The summed E-state index contributed by atoms with van der Waals surface area (Å²) in [6.07, 6.45) is 3.80. The van der Waals surface area contributed by atoms with Gasteiger partial charge in [0.15, 0.2) is 0 Å². The average molecular weight is 200 g/mol. The Kier molecular flexibility index (Phi) is 4.85. The quantitative estimate of drug-likeness (QED) is 0.706. The lowest BCUT2D eigenvalue weighted by molar-refractivity contribution is 0.0950. The lowest BCUT2D eigenvalue weighted by Crippen LogP contribution is -2.50. The van der Waals surface area contributed by atoms with Crippen molar-refractivity contribution in [3.63, 3.8) is 0 Å². The summed E-state index contributed by atoms with van der Waals surface area (Å²) in [6, 6.07) is 0.777. The van der Waals surface area contributed by atoms with Gasteiger partial charge in [-0.1, -0.05) is 13.3 Å². The molecular formula is C11H24N2O. The van der Waals surface area contributed by atoms with Crippen molar-refractivity contribution in [2.75, 3.05) is 19.7 Å². The van der Waals surface area contributed by atoms with Crippen LogP contribution in [0.5, 0.6) is 0 Å². The molecule has 84 valence electrons. The third-order valence-electron chi connectivity index (χ3n) is 3.13. The molecule has 1 rings (SSSR count). The molecule has 14 heavy (non-hydrogen) atoms. The van der Waals surface area contributed by atoms with Crippen molar-refractivity contribution in [1.29, 1.82) is 0 Å². The first-order chi connectivity index (χ1) is 6.65. The van der Waals surface area contributed by atoms with Gasteiger partial charge in [-0.05, 0) is 32.2 Å². The molecular weight excluding hydrogens is 176 g/mol. The molecule has 0 aliphatic carbocycles. The third-order valence-corrected chi connectivity index (χ3v) is 3.13. The van der Waals surface area contributed by atoms with Crippen molar-refractivity contribution in [3.8, 4) is 0 Å². The Morgan fingerprint density at radius 3 is 2.71 bits per heavy atom. The van der Waals surface area contributed by atoms with Crippen LogP contribution in [-0.4, -0.2) is 41.8 Å². The minimum atomic E-state index is 0.251. The summed E-state index contributed by atoms with van der Waals surface area (Å²) in [6.45, 7) is 6.60. The van der Waals surface area contributed by atoms with Gasteiger partial charge in [-0.2, -0.15) is 0 Å². The summed E-state index contributed by atoms with van der Waals surface area (Å²) in [5.41, 5.74) is 5.97. The van der Waals surface area contributed by atoms with Crippen LogP contribution < -0.4 is 5.73 Å². The number of likely N-dealkylation sites (tertiary alicyclic amines) is 1. The van der Waals surface area contributed by atoms with E-state index in [9.17, 15) is 0 Å². The van der Waals surface area contributed by atoms with Gasteiger partial charge in [0.2, 0.25) is 0 Å². The maximum atomic E-state index is 9.03. The Morgan fingerprint density at radius 2 is 2.14 bits per heavy atom. The van der Waals surface area contributed by atoms with Crippen molar-refractivity contribution in [3.05, 3.63) is 0 Å². The van der Waals surface area contributed by atoms with Crippen LogP contribution in [-0.2, 0) is 0 Å². The standard InChI is InChI=1S/C11H24N2O/c1-9(8-14)7-13-6-4-3-5-11(13)10(2)12/h9-11,14H,3-8,12H2,1-2H3. The lowest BCUT2D eigenvalue weighted by atomic mass is 9.96. The Bertz CT molecular complexity index is 161. The normalized spacial score (nSPS) is 28.7. The number of aliphatic hydroxyl groups excluding tert-OH is 1. The second kappa shape index (κ2) is 5.69. The van der Waals surface area contributed by atoms with Gasteiger partial charge in [0, 0.05) is 25.2 Å². The van der Waals surface area contributed by atoms with Gasteiger partial charge in [-0.3, -0.25) is 4.90 Å². The van der Waals surface area contributed by atoms with E-state index in [4.69, 9.17) is 10.8 Å². The number of aliphatic hydroxyl groups is 1. The van der Waals surface area contributed by atoms with Gasteiger partial charge in [0.25, 0.3) is 0 Å². The van der Waals surface area contributed by atoms with Crippen LogP contribution in [0, 0.1) is 5.92 Å². The molecule has 1 aliphatic heterocycles. The van der Waals surface area contributed by atoms with Gasteiger partial charge >= 0.3 is 0 Å². The fraction of sp³-hybridized carbons (Fsp3) is 1.00. The number of piperidine rings is 1. The van der Waals surface area contributed by atoms with Crippen LogP contribution in [0.3, 0.4) is 0 Å². The van der Waals surface area contributed by atoms with E-state index in [1.54, 1.807) is 0 Å². The molecule has 0 aromatic rings. The molecule has 0 amide bonds. The van der Waals surface area contributed by atoms with E-state index in [0.717, 1.165) is 13.1 Å². The molecule has 0 bridgehead atoms. The SMILES string of the molecule is CC(CO)CN1CCCCC1C(C)N. The maximum Gasteiger partial charge on any atom is 0.0468 e. The first-order valence-electron chi connectivity index (χ1n) is 5.75. The molecule has 1 saturated heterocycles. The van der Waals surface area contributed by atoms with Gasteiger partial charge in [0.1, 0.15) is 0 Å². The second-order valence-electron chi connectivity index (χ2n) is 4.70. The van der Waals surface area contributed by atoms with Gasteiger partial charge < -0.3 is 10.8 Å². The van der Waals surface area contributed by atoms with Crippen LogP contribution in [0.25, 0.3) is 0 Å². The Morgan fingerprint density at radius 1 is 1.43 bits per heavy atom. The highest BCUT2D eigenvalue weighted by atomic mass is 16.3. The minimum Gasteiger partial charge on any atom is -0.396 e. The number of nitrogens with zero attached hydrogens (tertiary/aromatic N) is 1. The van der Waals surface area contributed by atoms with Crippen LogP contribution >= 0.6 is 0 Å². The molecule has 0 saturated carbocycles. The fourth-order valence-corrected chi connectivity index (χ4v) is 2.30. The number of nitrogens with two attached hydrogens (primary N) is 1. The van der Waals surface area contributed by atoms with E-state index >= 15 is 0 Å². The predicted octanol–water partition coefficient (Wildman–Crippen LogP) is 0.816. The zero-order valence-corrected chi connectivity index (χ0v) is 9.45. The zero-order valence-electron chi connectivity index (χ0n) is 9.45. The monoisotopic (exact) mass is 200 g/mol. The van der Waals surface area contributed by atoms with E-state index in [1.165, 1.54) is 19.3 Å². The van der Waals surface area contributed by atoms with E-state index in [-0.39, 0.29) is 12.6 Å². The predicted molar refractivity (Wildman–Crippen MR) is 59.1 cm³/mol. The highest BCUT2D eigenvalue weighted by Gasteiger charge is 2.25. The molecule has 1 aliphatic rings. The molecule has 0 aromatic heterocycles. The average Bonchev–Trinajstić information content (AvgIpc) is 2.18. The topological polar surface area (TPSA) is 49.5 Å². The van der Waals surface area contributed by atoms with Crippen molar-refractivity contribution >= 4 is 0 Å². The Hall–Kier alpha value is -0.120. The number of hydrogen-bond donors (Lipinski definition) is 2. The van der Waals surface area contributed by atoms with Gasteiger partial charge in [0.05, 0.1) is 0 Å².